The van der Waals surface area contributed by atoms with E-state index in [9.17, 15) is 19.0 Å². The number of ether oxygens (including phenoxy) is 2. The second-order valence-corrected chi connectivity index (χ2v) is 28.1. The number of quaternary nitrogens is 1. The molecule has 0 fully saturated rings. The van der Waals surface area contributed by atoms with Crippen molar-refractivity contribution in [3.05, 3.63) is 97.2 Å². The van der Waals surface area contributed by atoms with Crippen LogP contribution in [-0.4, -0.2) is 74.9 Å². The fourth-order valence-electron chi connectivity index (χ4n) is 10.9. The van der Waals surface area contributed by atoms with Gasteiger partial charge in [-0.1, -0.05) is 342 Å². The number of hydrogen-bond donors (Lipinski definition) is 1. The van der Waals surface area contributed by atoms with Gasteiger partial charge in [0.25, 0.3) is 0 Å². The van der Waals surface area contributed by atoms with E-state index in [2.05, 4.69) is 111 Å². The lowest BCUT2D eigenvalue weighted by Gasteiger charge is -2.24. The van der Waals surface area contributed by atoms with Crippen molar-refractivity contribution in [1.29, 1.82) is 0 Å². The van der Waals surface area contributed by atoms with Crippen LogP contribution in [0.5, 0.6) is 0 Å². The predicted octanol–water partition coefficient (Wildman–Crippen LogP) is 25.1. The highest BCUT2D eigenvalue weighted by Gasteiger charge is 2.27. The monoisotopic (exact) mass is 1280 g/mol. The van der Waals surface area contributed by atoms with Crippen molar-refractivity contribution < 1.29 is 42.1 Å². The summed E-state index contributed by atoms with van der Waals surface area (Å²) in [6, 6.07) is 0. The lowest BCUT2D eigenvalue weighted by molar-refractivity contribution is -0.870. The molecule has 1 N–H and O–H groups in total. The SMILES string of the molecule is CC/C=C\C/C=C\C/C=C\C/C=C\CCCCCCCCCCCCCCCCCCCCCCCCCCCCCCC(=O)OC(COC(=O)CCCCCCCCCCCCCC/C=C\C/C=C\C/C=C\C/C=C\CC)COP(=O)(O)OCC[N+](C)(C)C. The predicted molar refractivity (Wildman–Crippen MR) is 390 cm³/mol. The molecule has 0 saturated carbocycles. The van der Waals surface area contributed by atoms with Crippen molar-refractivity contribution in [1.82, 2.24) is 0 Å². The maximum Gasteiger partial charge on any atom is 0.472 e. The lowest BCUT2D eigenvalue weighted by Crippen LogP contribution is -2.37. The molecule has 0 aliphatic rings. The van der Waals surface area contributed by atoms with E-state index in [0.29, 0.717) is 17.4 Å². The molecule has 522 valence electrons. The van der Waals surface area contributed by atoms with Crippen molar-refractivity contribution in [3.63, 3.8) is 0 Å². The van der Waals surface area contributed by atoms with Crippen LogP contribution in [0.1, 0.15) is 348 Å². The summed E-state index contributed by atoms with van der Waals surface area (Å²) in [5.74, 6) is -0.786. The van der Waals surface area contributed by atoms with Crippen molar-refractivity contribution in [2.75, 3.05) is 47.5 Å². The molecule has 2 unspecified atom stereocenters. The molecule has 0 saturated heterocycles. The molecule has 90 heavy (non-hydrogen) atoms. The van der Waals surface area contributed by atoms with E-state index < -0.39 is 26.5 Å². The van der Waals surface area contributed by atoms with E-state index in [4.69, 9.17) is 18.5 Å². The van der Waals surface area contributed by atoms with Crippen LogP contribution >= 0.6 is 7.82 Å². The van der Waals surface area contributed by atoms with Crippen molar-refractivity contribution in [3.8, 4) is 0 Å². The molecule has 0 aliphatic heterocycles. The third-order valence-electron chi connectivity index (χ3n) is 16.6. The van der Waals surface area contributed by atoms with Gasteiger partial charge >= 0.3 is 19.8 Å². The zero-order chi connectivity index (χ0) is 65.5. The Balaban J connectivity index is 3.91. The van der Waals surface area contributed by atoms with Crippen LogP contribution in [0.4, 0.5) is 0 Å². The van der Waals surface area contributed by atoms with E-state index >= 15 is 0 Å². The van der Waals surface area contributed by atoms with Gasteiger partial charge < -0.3 is 18.9 Å². The summed E-state index contributed by atoms with van der Waals surface area (Å²) in [6.45, 7) is 4.25. The first-order valence-electron chi connectivity index (χ1n) is 38.0. The number of allylic oxidation sites excluding steroid dienone is 16. The minimum absolute atomic E-state index is 0.0308. The number of esters is 2. The number of phosphoric acid groups is 1. The normalized spacial score (nSPS) is 13.6. The number of phosphoric ester groups is 1. The van der Waals surface area contributed by atoms with Gasteiger partial charge in [0, 0.05) is 12.8 Å². The number of carbonyl (C=O) groups excluding carboxylic acids is 2. The van der Waals surface area contributed by atoms with Crippen LogP contribution in [0.15, 0.2) is 97.2 Å². The summed E-state index contributed by atoms with van der Waals surface area (Å²) in [5.41, 5.74) is 0. The quantitative estimate of drug-likeness (QED) is 0.0211. The molecule has 2 atom stereocenters. The highest BCUT2D eigenvalue weighted by atomic mass is 31.2. The van der Waals surface area contributed by atoms with E-state index in [0.717, 1.165) is 83.5 Å². The summed E-state index contributed by atoms with van der Waals surface area (Å²) >= 11 is 0. The lowest BCUT2D eigenvalue weighted by atomic mass is 10.0. The standard InChI is InChI=1S/C80H144NO8P/c1-6-8-10-12-14-16-18-20-22-24-26-28-30-32-33-34-35-36-37-38-39-40-41-42-43-44-45-46-47-49-51-53-55-57-59-61-63-65-67-69-71-73-80(83)89-78(77-88-90(84,85)87-75-74-81(3,4)5)76-86-79(82)72-70-68-66-64-62-60-58-56-54-52-50-48-31-29-27-25-23-21-19-17-15-13-11-9-7-2/h8-11,14-17,20-23,26-29,78H,6-7,12-13,18-19,24-25,30-77H2,1-5H3/p+1/b10-8-,11-9-,16-14-,17-15-,22-20-,23-21-,28-26-,29-27-. The summed E-state index contributed by atoms with van der Waals surface area (Å²) in [5, 5.41) is 0. The van der Waals surface area contributed by atoms with Gasteiger partial charge in [-0.15, -0.1) is 0 Å². The number of unbranched alkanes of at least 4 members (excludes halogenated alkanes) is 40. The van der Waals surface area contributed by atoms with Gasteiger partial charge in [-0.05, 0) is 89.9 Å². The Bertz CT molecular complexity index is 1840. The van der Waals surface area contributed by atoms with Gasteiger partial charge in [-0.2, -0.15) is 0 Å². The average molecular weight is 1280 g/mol. The first-order chi connectivity index (χ1) is 44.0. The van der Waals surface area contributed by atoms with Gasteiger partial charge in [0.15, 0.2) is 6.10 Å². The Labute approximate surface area is 557 Å². The average Bonchev–Trinajstić information content (AvgIpc) is 3.62. The van der Waals surface area contributed by atoms with Crippen molar-refractivity contribution in [2.45, 2.75) is 354 Å². The minimum atomic E-state index is -4.40. The molecule has 0 amide bonds. The third-order valence-corrected chi connectivity index (χ3v) is 17.6. The zero-order valence-corrected chi connectivity index (χ0v) is 60.5. The Kier molecular flexibility index (Phi) is 67.9. The molecule has 0 aromatic heterocycles. The summed E-state index contributed by atoms with van der Waals surface area (Å²) in [7, 11) is 1.49. The number of carbonyl (C=O) groups is 2. The van der Waals surface area contributed by atoms with Gasteiger partial charge in [0.1, 0.15) is 19.8 Å². The zero-order valence-electron chi connectivity index (χ0n) is 59.6. The molecule has 0 radical (unpaired) electrons. The molecular formula is C80H145NO8P+. The number of likely N-dealkylation sites (N-methyl/N-ethyl adjacent to an activating group) is 1. The van der Waals surface area contributed by atoms with Gasteiger partial charge in [0.05, 0.1) is 27.7 Å². The Morgan fingerprint density at radius 2 is 0.600 bits per heavy atom. The van der Waals surface area contributed by atoms with Crippen LogP contribution in [0.2, 0.25) is 0 Å². The Morgan fingerprint density at radius 3 is 0.889 bits per heavy atom. The maximum absolute atomic E-state index is 12.9. The van der Waals surface area contributed by atoms with E-state index in [1.54, 1.807) is 0 Å². The third kappa shape index (κ3) is 74.0. The summed E-state index contributed by atoms with van der Waals surface area (Å²) in [6.07, 6.45) is 98.3. The molecule has 0 rings (SSSR count). The van der Waals surface area contributed by atoms with Gasteiger partial charge in [0.2, 0.25) is 0 Å². The molecule has 0 spiro atoms. The summed E-state index contributed by atoms with van der Waals surface area (Å²) < 4.78 is 34.8. The van der Waals surface area contributed by atoms with E-state index in [1.807, 2.05) is 21.1 Å². The molecule has 0 aliphatic carbocycles. The van der Waals surface area contributed by atoms with Crippen molar-refractivity contribution >= 4 is 19.8 Å². The minimum Gasteiger partial charge on any atom is -0.462 e. The van der Waals surface area contributed by atoms with Gasteiger partial charge in [-0.25, -0.2) is 4.57 Å². The summed E-state index contributed by atoms with van der Waals surface area (Å²) in [4.78, 5) is 35.9. The fraction of sp³-hybridized carbons (Fsp3) is 0.775. The van der Waals surface area contributed by atoms with E-state index in [1.165, 1.54) is 231 Å². The van der Waals surface area contributed by atoms with Crippen LogP contribution in [-0.2, 0) is 32.7 Å². The van der Waals surface area contributed by atoms with Crippen molar-refractivity contribution in [2.24, 2.45) is 0 Å². The second-order valence-electron chi connectivity index (χ2n) is 26.6. The second kappa shape index (κ2) is 70.3. The molecule has 9 nitrogen and oxygen atoms in total. The smallest absolute Gasteiger partial charge is 0.462 e. The number of nitrogens with zero attached hydrogens (tertiary/aromatic N) is 1. The topological polar surface area (TPSA) is 108 Å². The first kappa shape index (κ1) is 86.9. The van der Waals surface area contributed by atoms with E-state index in [-0.39, 0.29) is 32.0 Å². The molecular weight excluding hydrogens is 1130 g/mol. The highest BCUT2D eigenvalue weighted by Crippen LogP contribution is 2.43. The molecule has 0 aromatic rings. The molecule has 0 heterocycles. The molecule has 0 bridgehead atoms. The number of rotatable bonds is 70. The van der Waals surface area contributed by atoms with Crippen LogP contribution in [0.25, 0.3) is 0 Å². The largest absolute Gasteiger partial charge is 0.472 e. The van der Waals surface area contributed by atoms with Crippen LogP contribution in [0, 0.1) is 0 Å². The Hall–Kier alpha value is -3.07. The maximum atomic E-state index is 12.9. The fourth-order valence-corrected chi connectivity index (χ4v) is 11.6. The van der Waals surface area contributed by atoms with Crippen LogP contribution in [0.3, 0.4) is 0 Å². The molecule has 0 aromatic carbocycles. The number of hydrogen-bond acceptors (Lipinski definition) is 7. The van der Waals surface area contributed by atoms with Gasteiger partial charge in [-0.3, -0.25) is 18.6 Å². The highest BCUT2D eigenvalue weighted by molar-refractivity contribution is 7.47. The van der Waals surface area contributed by atoms with Crippen LogP contribution < -0.4 is 0 Å². The first-order valence-corrected chi connectivity index (χ1v) is 39.5. The Morgan fingerprint density at radius 1 is 0.344 bits per heavy atom. The molecule has 10 heteroatoms.